The van der Waals surface area contributed by atoms with Gasteiger partial charge in [0.1, 0.15) is 17.2 Å². The van der Waals surface area contributed by atoms with Gasteiger partial charge in [-0.05, 0) is 51.1 Å². The molecular weight excluding hydrogens is 383 g/mol. The largest absolute Gasteiger partial charge is 0.331 e. The van der Waals surface area contributed by atoms with Gasteiger partial charge in [-0.3, -0.25) is 9.56 Å². The van der Waals surface area contributed by atoms with Gasteiger partial charge >= 0.3 is 6.03 Å². The molecule has 0 bridgehead atoms. The zero-order chi connectivity index (χ0) is 21.6. The fourth-order valence-corrected chi connectivity index (χ4v) is 3.53. The van der Waals surface area contributed by atoms with Crippen molar-refractivity contribution in [2.45, 2.75) is 26.3 Å². The number of aromatic nitrogens is 3. The first kappa shape index (κ1) is 19.8. The predicted molar refractivity (Wildman–Crippen MR) is 114 cm³/mol. The second kappa shape index (κ2) is 7.05. The van der Waals surface area contributed by atoms with Crippen LogP contribution in [0.1, 0.15) is 36.6 Å². The second-order valence-corrected chi connectivity index (χ2v) is 7.96. The van der Waals surface area contributed by atoms with Crippen LogP contribution in [0.15, 0.2) is 47.5 Å². The summed E-state index contributed by atoms with van der Waals surface area (Å²) in [5, 5.41) is 11.4. The number of hydrogen-bond acceptors (Lipinski definition) is 4. The van der Waals surface area contributed by atoms with E-state index in [1.807, 2.05) is 37.5 Å². The fraction of sp³-hybridized carbons (Fsp3) is 0.273. The van der Waals surface area contributed by atoms with Crippen molar-refractivity contribution in [3.05, 3.63) is 71.1 Å². The van der Waals surface area contributed by atoms with Gasteiger partial charge in [-0.2, -0.15) is 0 Å². The monoisotopic (exact) mass is 406 g/mol. The molecule has 0 atom stereocenters. The number of aryl methyl sites for hydroxylation is 1. The first-order chi connectivity index (χ1) is 14.2. The standard InChI is InChI=1S/C22H23FN6O/c1-13-26-27-20-22(2,3)25-19(15-8-6-7-9-17(15)23)16-12-14(24-21(30)28(4)5)10-11-18(16)29(13)20/h6-12H,1-5H3,(H,24,30). The lowest BCUT2D eigenvalue weighted by molar-refractivity contribution is 0.230. The summed E-state index contributed by atoms with van der Waals surface area (Å²) in [6.45, 7) is 5.72. The lowest BCUT2D eigenvalue weighted by Crippen LogP contribution is -2.27. The maximum atomic E-state index is 14.8. The van der Waals surface area contributed by atoms with Gasteiger partial charge in [0.2, 0.25) is 0 Å². The van der Waals surface area contributed by atoms with E-state index in [-0.39, 0.29) is 11.8 Å². The molecule has 1 aliphatic heterocycles. The molecule has 30 heavy (non-hydrogen) atoms. The minimum Gasteiger partial charge on any atom is -0.331 e. The molecule has 0 aliphatic carbocycles. The number of halogens is 1. The molecule has 2 heterocycles. The molecule has 1 aromatic heterocycles. The summed E-state index contributed by atoms with van der Waals surface area (Å²) >= 11 is 0. The van der Waals surface area contributed by atoms with E-state index < -0.39 is 5.54 Å². The van der Waals surface area contributed by atoms with Crippen molar-refractivity contribution < 1.29 is 9.18 Å². The number of amides is 2. The van der Waals surface area contributed by atoms with Crippen LogP contribution in [0.5, 0.6) is 0 Å². The van der Waals surface area contributed by atoms with Gasteiger partial charge < -0.3 is 10.2 Å². The SMILES string of the molecule is Cc1nnc2n1-c1ccc(NC(=O)N(C)C)cc1C(c1ccccc1F)=NC2(C)C. The molecule has 0 saturated heterocycles. The molecule has 3 aromatic rings. The summed E-state index contributed by atoms with van der Waals surface area (Å²) in [7, 11) is 3.33. The smallest absolute Gasteiger partial charge is 0.321 e. The number of rotatable bonds is 2. The van der Waals surface area contributed by atoms with Gasteiger partial charge in [-0.1, -0.05) is 12.1 Å². The quantitative estimate of drug-likeness (QED) is 0.701. The molecule has 2 aromatic carbocycles. The predicted octanol–water partition coefficient (Wildman–Crippen LogP) is 3.89. The average Bonchev–Trinajstić information content (AvgIpc) is 3.05. The molecule has 1 N–H and O–H groups in total. The van der Waals surface area contributed by atoms with Crippen molar-refractivity contribution >= 4 is 17.4 Å². The number of nitrogens with one attached hydrogen (secondary N) is 1. The van der Waals surface area contributed by atoms with Crippen LogP contribution in [0.3, 0.4) is 0 Å². The molecule has 8 heteroatoms. The summed E-state index contributed by atoms with van der Waals surface area (Å²) in [5.74, 6) is 1.00. The number of fused-ring (bicyclic) bond motifs is 3. The van der Waals surface area contributed by atoms with Gasteiger partial charge in [0.05, 0.1) is 11.4 Å². The summed E-state index contributed by atoms with van der Waals surface area (Å²) in [4.78, 5) is 18.5. The van der Waals surface area contributed by atoms with Crippen molar-refractivity contribution in [3.8, 4) is 5.69 Å². The maximum absolute atomic E-state index is 14.8. The third kappa shape index (κ3) is 3.24. The van der Waals surface area contributed by atoms with Crippen LogP contribution in [0.4, 0.5) is 14.9 Å². The Morgan fingerprint density at radius 2 is 1.83 bits per heavy atom. The maximum Gasteiger partial charge on any atom is 0.321 e. The van der Waals surface area contributed by atoms with Gasteiger partial charge in [-0.25, -0.2) is 9.18 Å². The van der Waals surface area contributed by atoms with Crippen LogP contribution < -0.4 is 5.32 Å². The number of carbonyl (C=O) groups is 1. The third-order valence-corrected chi connectivity index (χ3v) is 5.04. The second-order valence-electron chi connectivity index (χ2n) is 7.96. The minimum absolute atomic E-state index is 0.255. The molecular formula is C22H23FN6O. The van der Waals surface area contributed by atoms with E-state index in [4.69, 9.17) is 4.99 Å². The van der Waals surface area contributed by atoms with E-state index in [0.29, 0.717) is 34.2 Å². The summed E-state index contributed by atoms with van der Waals surface area (Å²) < 4.78 is 16.7. The molecule has 7 nitrogen and oxygen atoms in total. The molecule has 1 aliphatic rings. The Kier molecular flexibility index (Phi) is 4.64. The van der Waals surface area contributed by atoms with Crippen LogP contribution in [0, 0.1) is 12.7 Å². The van der Waals surface area contributed by atoms with Gasteiger partial charge in [-0.15, -0.1) is 10.2 Å². The molecule has 0 unspecified atom stereocenters. The van der Waals surface area contributed by atoms with Gasteiger partial charge in [0, 0.05) is 30.9 Å². The number of urea groups is 1. The van der Waals surface area contributed by atoms with E-state index >= 15 is 0 Å². The Hall–Kier alpha value is -3.55. The van der Waals surface area contributed by atoms with Crippen LogP contribution in [0.2, 0.25) is 0 Å². The molecule has 0 spiro atoms. The zero-order valence-electron chi connectivity index (χ0n) is 17.6. The fourth-order valence-electron chi connectivity index (χ4n) is 3.53. The van der Waals surface area contributed by atoms with Crippen LogP contribution in [-0.2, 0) is 5.54 Å². The first-order valence-corrected chi connectivity index (χ1v) is 9.59. The van der Waals surface area contributed by atoms with E-state index in [2.05, 4.69) is 15.5 Å². The lowest BCUT2D eigenvalue weighted by atomic mass is 9.98. The van der Waals surface area contributed by atoms with Crippen molar-refractivity contribution in [1.82, 2.24) is 19.7 Å². The first-order valence-electron chi connectivity index (χ1n) is 9.59. The number of nitrogens with zero attached hydrogens (tertiary/aromatic N) is 5. The summed E-state index contributed by atoms with van der Waals surface area (Å²) in [5.41, 5.74) is 2.20. The Bertz CT molecular complexity index is 1180. The molecule has 0 fully saturated rings. The number of benzene rings is 2. The van der Waals surface area contributed by atoms with Gasteiger partial charge in [0.15, 0.2) is 5.82 Å². The van der Waals surface area contributed by atoms with Crippen molar-refractivity contribution in [3.63, 3.8) is 0 Å². The van der Waals surface area contributed by atoms with E-state index in [9.17, 15) is 9.18 Å². The molecule has 4 rings (SSSR count). The highest BCUT2D eigenvalue weighted by molar-refractivity contribution is 6.16. The molecule has 0 saturated carbocycles. The number of carbonyl (C=O) groups excluding carboxylic acids is 1. The van der Waals surface area contributed by atoms with Crippen molar-refractivity contribution in [2.75, 3.05) is 19.4 Å². The normalized spacial score (nSPS) is 14.3. The lowest BCUT2D eigenvalue weighted by Gasteiger charge is -2.18. The topological polar surface area (TPSA) is 75.4 Å². The van der Waals surface area contributed by atoms with Crippen LogP contribution in [-0.4, -0.2) is 45.5 Å². The highest BCUT2D eigenvalue weighted by atomic mass is 19.1. The Morgan fingerprint density at radius 3 is 2.53 bits per heavy atom. The highest BCUT2D eigenvalue weighted by Gasteiger charge is 2.34. The van der Waals surface area contributed by atoms with Gasteiger partial charge in [0.25, 0.3) is 0 Å². The third-order valence-electron chi connectivity index (χ3n) is 5.04. The molecule has 2 amide bonds. The van der Waals surface area contributed by atoms with Crippen molar-refractivity contribution in [1.29, 1.82) is 0 Å². The van der Waals surface area contributed by atoms with Crippen molar-refractivity contribution in [2.24, 2.45) is 4.99 Å². The summed E-state index contributed by atoms with van der Waals surface area (Å²) in [6.07, 6.45) is 0. The Morgan fingerprint density at radius 1 is 1.10 bits per heavy atom. The Balaban J connectivity index is 2.00. The minimum atomic E-state index is -0.745. The summed E-state index contributed by atoms with van der Waals surface area (Å²) in [6, 6.07) is 11.8. The zero-order valence-corrected chi connectivity index (χ0v) is 17.6. The van der Waals surface area contributed by atoms with Crippen LogP contribution >= 0.6 is 0 Å². The Labute approximate surface area is 174 Å². The van der Waals surface area contributed by atoms with E-state index in [1.54, 1.807) is 38.4 Å². The van der Waals surface area contributed by atoms with E-state index in [0.717, 1.165) is 5.69 Å². The number of hydrogen-bond donors (Lipinski definition) is 1. The highest BCUT2D eigenvalue weighted by Crippen LogP contribution is 2.35. The van der Waals surface area contributed by atoms with E-state index in [1.165, 1.54) is 11.0 Å². The number of anilines is 1. The average molecular weight is 406 g/mol. The molecule has 0 radical (unpaired) electrons. The molecule has 154 valence electrons. The number of aliphatic imine (C=N–C) groups is 1. The van der Waals surface area contributed by atoms with Crippen LogP contribution in [0.25, 0.3) is 5.69 Å².